The monoisotopic (exact) mass is 233 g/mol. The standard InChI is InChI=1S/C14H16FNO/c1-14(2,3)12-10(15)6-5-9-7-8-16-13(17-4)11(9)12/h5-8H,1-4H3. The third-order valence-corrected chi connectivity index (χ3v) is 2.79. The molecule has 0 aliphatic heterocycles. The lowest BCUT2D eigenvalue weighted by molar-refractivity contribution is 0.401. The largest absolute Gasteiger partial charge is 0.481 e. The van der Waals surface area contributed by atoms with Crippen molar-refractivity contribution in [3.63, 3.8) is 0 Å². The van der Waals surface area contributed by atoms with Crippen LogP contribution in [0, 0.1) is 5.82 Å². The van der Waals surface area contributed by atoms with Crippen molar-refractivity contribution in [3.8, 4) is 5.88 Å². The van der Waals surface area contributed by atoms with Crippen LogP contribution in [0.5, 0.6) is 5.88 Å². The summed E-state index contributed by atoms with van der Waals surface area (Å²) >= 11 is 0. The first-order valence-corrected chi connectivity index (χ1v) is 5.57. The fourth-order valence-electron chi connectivity index (χ4n) is 2.10. The van der Waals surface area contributed by atoms with Crippen LogP contribution in [0.4, 0.5) is 4.39 Å². The van der Waals surface area contributed by atoms with Gasteiger partial charge in [-0.15, -0.1) is 0 Å². The van der Waals surface area contributed by atoms with Gasteiger partial charge in [0.25, 0.3) is 0 Å². The predicted octanol–water partition coefficient (Wildman–Crippen LogP) is 3.68. The van der Waals surface area contributed by atoms with Gasteiger partial charge >= 0.3 is 0 Å². The lowest BCUT2D eigenvalue weighted by Gasteiger charge is -2.22. The van der Waals surface area contributed by atoms with Crippen molar-refractivity contribution in [3.05, 3.63) is 35.8 Å². The molecule has 2 rings (SSSR count). The summed E-state index contributed by atoms with van der Waals surface area (Å²) < 4.78 is 19.3. The molecule has 2 aromatic rings. The summed E-state index contributed by atoms with van der Waals surface area (Å²) in [6.07, 6.45) is 1.67. The maximum atomic E-state index is 14.0. The Kier molecular flexibility index (Phi) is 2.77. The predicted molar refractivity (Wildman–Crippen MR) is 67.0 cm³/mol. The van der Waals surface area contributed by atoms with Crippen LogP contribution in [0.3, 0.4) is 0 Å². The molecule has 2 nitrogen and oxygen atoms in total. The number of methoxy groups -OCH3 is 1. The molecule has 17 heavy (non-hydrogen) atoms. The van der Waals surface area contributed by atoms with Gasteiger partial charge in [-0.1, -0.05) is 26.8 Å². The van der Waals surface area contributed by atoms with E-state index in [4.69, 9.17) is 4.74 Å². The molecule has 0 saturated heterocycles. The van der Waals surface area contributed by atoms with Crippen molar-refractivity contribution >= 4 is 10.8 Å². The van der Waals surface area contributed by atoms with Gasteiger partial charge in [0.05, 0.1) is 12.5 Å². The van der Waals surface area contributed by atoms with E-state index in [1.165, 1.54) is 6.07 Å². The second-order valence-corrected chi connectivity index (χ2v) is 5.09. The maximum Gasteiger partial charge on any atom is 0.221 e. The summed E-state index contributed by atoms with van der Waals surface area (Å²) in [5, 5.41) is 1.71. The topological polar surface area (TPSA) is 22.1 Å². The lowest BCUT2D eigenvalue weighted by atomic mass is 9.83. The van der Waals surface area contributed by atoms with E-state index in [1.54, 1.807) is 19.4 Å². The van der Waals surface area contributed by atoms with Crippen molar-refractivity contribution in [1.82, 2.24) is 4.98 Å². The highest BCUT2D eigenvalue weighted by Crippen LogP contribution is 2.36. The molecule has 0 bridgehead atoms. The minimum absolute atomic E-state index is 0.212. The van der Waals surface area contributed by atoms with Gasteiger partial charge in [0.2, 0.25) is 5.88 Å². The zero-order valence-electron chi connectivity index (χ0n) is 10.5. The molecule has 1 aromatic carbocycles. The van der Waals surface area contributed by atoms with Gasteiger partial charge in [-0.2, -0.15) is 0 Å². The van der Waals surface area contributed by atoms with Crippen molar-refractivity contribution in [2.24, 2.45) is 0 Å². The number of halogens is 1. The molecule has 0 N–H and O–H groups in total. The zero-order valence-corrected chi connectivity index (χ0v) is 10.5. The van der Waals surface area contributed by atoms with Crippen molar-refractivity contribution in [2.75, 3.05) is 7.11 Å². The second-order valence-electron chi connectivity index (χ2n) is 5.09. The Morgan fingerprint density at radius 1 is 1.18 bits per heavy atom. The quantitative estimate of drug-likeness (QED) is 0.749. The molecule has 0 radical (unpaired) electrons. The first-order chi connectivity index (χ1) is 7.95. The summed E-state index contributed by atoms with van der Waals surface area (Å²) in [4.78, 5) is 4.15. The maximum absolute atomic E-state index is 14.0. The lowest BCUT2D eigenvalue weighted by Crippen LogP contribution is -2.15. The highest BCUT2D eigenvalue weighted by Gasteiger charge is 2.23. The van der Waals surface area contributed by atoms with Gasteiger partial charge in [-0.05, 0) is 22.9 Å². The van der Waals surface area contributed by atoms with E-state index in [0.29, 0.717) is 11.4 Å². The van der Waals surface area contributed by atoms with Gasteiger partial charge in [0.1, 0.15) is 5.82 Å². The number of pyridine rings is 1. The van der Waals surface area contributed by atoms with E-state index in [2.05, 4.69) is 4.98 Å². The molecule has 0 unspecified atom stereocenters. The van der Waals surface area contributed by atoms with E-state index in [0.717, 1.165) is 10.8 Å². The first-order valence-electron chi connectivity index (χ1n) is 5.57. The molecule has 0 aliphatic carbocycles. The SMILES string of the molecule is COc1nccc2ccc(F)c(C(C)(C)C)c12. The number of benzene rings is 1. The molecule has 0 atom stereocenters. The Morgan fingerprint density at radius 3 is 2.47 bits per heavy atom. The average Bonchev–Trinajstić information content (AvgIpc) is 2.26. The number of nitrogens with zero attached hydrogens (tertiary/aromatic N) is 1. The van der Waals surface area contributed by atoms with Gasteiger partial charge in [0, 0.05) is 11.8 Å². The third-order valence-electron chi connectivity index (χ3n) is 2.79. The summed E-state index contributed by atoms with van der Waals surface area (Å²) in [6.45, 7) is 5.95. The molecule has 0 saturated carbocycles. The first kappa shape index (κ1) is 11.8. The number of aromatic nitrogens is 1. The smallest absolute Gasteiger partial charge is 0.221 e. The van der Waals surface area contributed by atoms with Crippen LogP contribution in [0.25, 0.3) is 10.8 Å². The van der Waals surface area contributed by atoms with Crippen LogP contribution < -0.4 is 4.74 Å². The van der Waals surface area contributed by atoms with Gasteiger partial charge < -0.3 is 4.74 Å². The van der Waals surface area contributed by atoms with Gasteiger partial charge in [0.15, 0.2) is 0 Å². The zero-order chi connectivity index (χ0) is 12.6. The van der Waals surface area contributed by atoms with Crippen molar-refractivity contribution in [2.45, 2.75) is 26.2 Å². The van der Waals surface area contributed by atoms with E-state index in [1.807, 2.05) is 26.8 Å². The number of fused-ring (bicyclic) bond motifs is 1. The Bertz CT molecular complexity index is 558. The normalized spacial score (nSPS) is 11.8. The fraction of sp³-hybridized carbons (Fsp3) is 0.357. The highest BCUT2D eigenvalue weighted by molar-refractivity contribution is 5.90. The second kappa shape index (κ2) is 3.99. The average molecular weight is 233 g/mol. The summed E-state index contributed by atoms with van der Waals surface area (Å²) in [5.74, 6) is 0.267. The summed E-state index contributed by atoms with van der Waals surface area (Å²) in [5.41, 5.74) is 0.361. The Morgan fingerprint density at radius 2 is 1.88 bits per heavy atom. The molecule has 0 aliphatic rings. The third kappa shape index (κ3) is 1.97. The molecule has 3 heteroatoms. The molecule has 0 fully saturated rings. The molecular formula is C14H16FNO. The summed E-state index contributed by atoms with van der Waals surface area (Å²) in [6, 6.07) is 5.12. The summed E-state index contributed by atoms with van der Waals surface area (Å²) in [7, 11) is 1.55. The Hall–Kier alpha value is -1.64. The van der Waals surface area contributed by atoms with Crippen molar-refractivity contribution in [1.29, 1.82) is 0 Å². The van der Waals surface area contributed by atoms with Crippen LogP contribution in [-0.2, 0) is 5.41 Å². The Labute approximate surface area is 100 Å². The molecule has 1 aromatic heterocycles. The van der Waals surface area contributed by atoms with E-state index >= 15 is 0 Å². The molecule has 0 amide bonds. The number of rotatable bonds is 1. The van der Waals surface area contributed by atoms with Crippen LogP contribution in [0.15, 0.2) is 24.4 Å². The van der Waals surface area contributed by atoms with Crippen LogP contribution >= 0.6 is 0 Å². The van der Waals surface area contributed by atoms with Crippen LogP contribution in [0.2, 0.25) is 0 Å². The van der Waals surface area contributed by atoms with Crippen LogP contribution in [-0.4, -0.2) is 12.1 Å². The van der Waals surface area contributed by atoms with E-state index in [-0.39, 0.29) is 11.2 Å². The highest BCUT2D eigenvalue weighted by atomic mass is 19.1. The van der Waals surface area contributed by atoms with Gasteiger partial charge in [-0.25, -0.2) is 9.37 Å². The minimum atomic E-state index is -0.292. The van der Waals surface area contributed by atoms with E-state index < -0.39 is 0 Å². The molecular weight excluding hydrogens is 217 g/mol. The number of ether oxygens (including phenoxy) is 1. The number of hydrogen-bond donors (Lipinski definition) is 0. The molecule has 90 valence electrons. The van der Waals surface area contributed by atoms with Crippen molar-refractivity contribution < 1.29 is 9.13 Å². The number of hydrogen-bond acceptors (Lipinski definition) is 2. The van der Waals surface area contributed by atoms with Crippen LogP contribution in [0.1, 0.15) is 26.3 Å². The fourth-order valence-corrected chi connectivity index (χ4v) is 2.10. The van der Waals surface area contributed by atoms with Gasteiger partial charge in [-0.3, -0.25) is 0 Å². The molecule has 1 heterocycles. The minimum Gasteiger partial charge on any atom is -0.481 e. The molecule has 0 spiro atoms. The van der Waals surface area contributed by atoms with E-state index in [9.17, 15) is 4.39 Å². The Balaban J connectivity index is 2.93.